The minimum atomic E-state index is -4.94. The molecule has 0 N–H and O–H groups in total. The van der Waals surface area contributed by atoms with Crippen LogP contribution in [0.5, 0.6) is 0 Å². The summed E-state index contributed by atoms with van der Waals surface area (Å²) in [7, 11) is -4.94. The Morgan fingerprint density at radius 3 is 2.15 bits per heavy atom. The standard InChI is InChI=1S/C13H9ClN.ClHO4/c14-12-6-3-7-15-9-11-5-2-1-4-10(11)8-13(12)15;2-1(3,4)5/h1-9H;(H,2,3,4,5)/q+1;/p-1. The van der Waals surface area contributed by atoms with Crippen molar-refractivity contribution in [3.63, 3.8) is 0 Å². The summed E-state index contributed by atoms with van der Waals surface area (Å²) in [5.41, 5.74) is 1.04. The zero-order chi connectivity index (χ0) is 14.8. The van der Waals surface area contributed by atoms with Gasteiger partial charge in [-0.1, -0.05) is 29.8 Å². The minimum absolute atomic E-state index is 0.781. The molecule has 0 atom stereocenters. The molecular weight excluding hydrogens is 305 g/mol. The molecule has 2 heterocycles. The normalized spacial score (nSPS) is 11.2. The van der Waals surface area contributed by atoms with Gasteiger partial charge in [0.2, 0.25) is 5.52 Å². The Labute approximate surface area is 121 Å². The fourth-order valence-electron chi connectivity index (χ4n) is 1.82. The van der Waals surface area contributed by atoms with Gasteiger partial charge in [0.25, 0.3) is 0 Å². The molecule has 20 heavy (non-hydrogen) atoms. The second-order valence-electron chi connectivity index (χ2n) is 3.93. The van der Waals surface area contributed by atoms with E-state index in [0.717, 1.165) is 10.5 Å². The van der Waals surface area contributed by atoms with Crippen molar-refractivity contribution in [1.29, 1.82) is 0 Å². The van der Waals surface area contributed by atoms with E-state index in [1.807, 2.05) is 34.9 Å². The smallest absolute Gasteiger partial charge is 0.222 e. The van der Waals surface area contributed by atoms with Gasteiger partial charge in [0.1, 0.15) is 5.02 Å². The summed E-state index contributed by atoms with van der Waals surface area (Å²) in [6, 6.07) is 14.2. The largest absolute Gasteiger partial charge is 0.229 e. The second kappa shape index (κ2) is 5.88. The second-order valence-corrected chi connectivity index (χ2v) is 5.09. The topological polar surface area (TPSA) is 96.3 Å². The highest BCUT2D eigenvalue weighted by molar-refractivity contribution is 6.33. The zero-order valence-corrected chi connectivity index (χ0v) is 11.5. The molecule has 2 aromatic heterocycles. The predicted octanol–water partition coefficient (Wildman–Crippen LogP) is -1.52. The van der Waals surface area contributed by atoms with Crippen molar-refractivity contribution in [3.05, 3.63) is 59.9 Å². The van der Waals surface area contributed by atoms with Crippen LogP contribution in [0.3, 0.4) is 0 Å². The van der Waals surface area contributed by atoms with E-state index in [-0.39, 0.29) is 0 Å². The van der Waals surface area contributed by atoms with E-state index < -0.39 is 10.2 Å². The van der Waals surface area contributed by atoms with Gasteiger partial charge in [0.15, 0.2) is 12.4 Å². The van der Waals surface area contributed by atoms with Gasteiger partial charge in [-0.3, -0.25) is 0 Å². The third kappa shape index (κ3) is 4.01. The van der Waals surface area contributed by atoms with E-state index in [9.17, 15) is 0 Å². The number of pyridine rings is 2. The molecular formula is C13H9Cl2NO4. The monoisotopic (exact) mass is 313 g/mol. The first kappa shape index (κ1) is 14.9. The van der Waals surface area contributed by atoms with E-state index >= 15 is 0 Å². The van der Waals surface area contributed by atoms with Crippen molar-refractivity contribution in [3.8, 4) is 0 Å². The maximum Gasteiger partial charge on any atom is 0.229 e. The quantitative estimate of drug-likeness (QED) is 0.372. The lowest BCUT2D eigenvalue weighted by Gasteiger charge is -2.17. The van der Waals surface area contributed by atoms with Crippen LogP contribution in [0.4, 0.5) is 0 Å². The maximum absolute atomic E-state index is 8.49. The molecule has 0 aliphatic carbocycles. The zero-order valence-electron chi connectivity index (χ0n) is 10.0. The molecule has 0 saturated carbocycles. The molecule has 0 aliphatic rings. The Kier molecular flexibility index (Phi) is 4.39. The van der Waals surface area contributed by atoms with Gasteiger partial charge in [-0.15, -0.1) is 10.2 Å². The first-order valence-corrected chi connectivity index (χ1v) is 7.06. The predicted molar refractivity (Wildman–Crippen MR) is 62.1 cm³/mol. The third-order valence-electron chi connectivity index (χ3n) is 2.58. The summed E-state index contributed by atoms with van der Waals surface area (Å²) >= 11 is 6.14. The van der Waals surface area contributed by atoms with Crippen molar-refractivity contribution in [2.45, 2.75) is 0 Å². The first-order valence-electron chi connectivity index (χ1n) is 5.44. The van der Waals surface area contributed by atoms with Crippen LogP contribution in [-0.4, -0.2) is 0 Å². The molecule has 1 aromatic carbocycles. The van der Waals surface area contributed by atoms with Gasteiger partial charge in [0.05, 0.1) is 0 Å². The Morgan fingerprint density at radius 2 is 1.50 bits per heavy atom. The number of hydrogen-bond donors (Lipinski definition) is 0. The van der Waals surface area contributed by atoms with E-state index in [0.29, 0.717) is 0 Å². The molecule has 0 unspecified atom stereocenters. The van der Waals surface area contributed by atoms with Crippen LogP contribution >= 0.6 is 11.6 Å². The van der Waals surface area contributed by atoms with Crippen molar-refractivity contribution in [2.75, 3.05) is 0 Å². The number of halogens is 2. The van der Waals surface area contributed by atoms with Crippen LogP contribution in [0.1, 0.15) is 0 Å². The number of aromatic nitrogens is 1. The molecule has 0 spiro atoms. The number of benzene rings is 1. The first-order chi connectivity index (χ1) is 9.34. The van der Waals surface area contributed by atoms with Crippen molar-refractivity contribution in [2.24, 2.45) is 0 Å². The molecule has 7 heteroatoms. The molecule has 0 fully saturated rings. The van der Waals surface area contributed by atoms with Crippen molar-refractivity contribution >= 4 is 27.9 Å². The average Bonchev–Trinajstić information content (AvgIpc) is 2.35. The number of hydrogen-bond acceptors (Lipinski definition) is 4. The molecule has 104 valence electrons. The van der Waals surface area contributed by atoms with Crippen LogP contribution in [0.25, 0.3) is 16.3 Å². The molecule has 0 radical (unpaired) electrons. The van der Waals surface area contributed by atoms with E-state index in [4.69, 9.17) is 30.2 Å². The minimum Gasteiger partial charge on any atom is -0.222 e. The van der Waals surface area contributed by atoms with E-state index in [1.54, 1.807) is 0 Å². The highest BCUT2D eigenvalue weighted by Crippen LogP contribution is 2.18. The van der Waals surface area contributed by atoms with Gasteiger partial charge in [-0.2, -0.15) is 4.40 Å². The van der Waals surface area contributed by atoms with E-state index in [1.165, 1.54) is 10.8 Å². The highest BCUT2D eigenvalue weighted by Gasteiger charge is 2.07. The summed E-state index contributed by atoms with van der Waals surface area (Å²) in [4.78, 5) is 0. The van der Waals surface area contributed by atoms with Crippen molar-refractivity contribution in [1.82, 2.24) is 0 Å². The molecule has 3 aromatic rings. The molecule has 0 bridgehead atoms. The molecule has 5 nitrogen and oxygen atoms in total. The lowest BCUT2D eigenvalue weighted by Crippen LogP contribution is -2.68. The van der Waals surface area contributed by atoms with Crippen LogP contribution in [0.2, 0.25) is 5.02 Å². The fourth-order valence-corrected chi connectivity index (χ4v) is 2.05. The number of fused-ring (bicyclic) bond motifs is 2. The van der Waals surface area contributed by atoms with Crippen LogP contribution in [-0.2, 0) is 0 Å². The van der Waals surface area contributed by atoms with Gasteiger partial charge in [-0.25, -0.2) is 18.6 Å². The molecule has 3 rings (SSSR count). The SMILES string of the molecule is Clc1ccc[n+]2cc3ccccc3cc12.[O-][Cl+3]([O-])([O-])[O-]. The van der Waals surface area contributed by atoms with Gasteiger partial charge in [0, 0.05) is 17.5 Å². The van der Waals surface area contributed by atoms with Gasteiger partial charge >= 0.3 is 0 Å². The van der Waals surface area contributed by atoms with Crippen LogP contribution < -0.4 is 23.0 Å². The fraction of sp³-hybridized carbons (Fsp3) is 0. The molecule has 0 saturated heterocycles. The van der Waals surface area contributed by atoms with E-state index in [2.05, 4.69) is 24.4 Å². The number of nitrogens with zero attached hydrogens (tertiary/aromatic N) is 1. The van der Waals surface area contributed by atoms with Gasteiger partial charge < -0.3 is 0 Å². The van der Waals surface area contributed by atoms with Gasteiger partial charge in [-0.05, 0) is 17.5 Å². The Hall–Kier alpha value is -1.47. The summed E-state index contributed by atoms with van der Waals surface area (Å²) in [6.07, 6.45) is 4.10. The average molecular weight is 314 g/mol. The van der Waals surface area contributed by atoms with Crippen LogP contribution in [0.15, 0.2) is 54.9 Å². The number of rotatable bonds is 0. The van der Waals surface area contributed by atoms with Crippen LogP contribution in [0, 0.1) is 10.2 Å². The Bertz CT molecular complexity index is 737. The maximum atomic E-state index is 8.49. The highest BCUT2D eigenvalue weighted by atomic mass is 35.7. The Balaban J connectivity index is 0.000000257. The summed E-state index contributed by atoms with van der Waals surface area (Å²) in [6.45, 7) is 0. The third-order valence-corrected chi connectivity index (χ3v) is 2.90. The lowest BCUT2D eigenvalue weighted by atomic mass is 10.1. The Morgan fingerprint density at radius 1 is 0.900 bits per heavy atom. The summed E-state index contributed by atoms with van der Waals surface area (Å²) in [5, 5.41) is 3.21. The van der Waals surface area contributed by atoms with Crippen molar-refractivity contribution < 1.29 is 33.3 Å². The molecule has 0 amide bonds. The summed E-state index contributed by atoms with van der Waals surface area (Å²) in [5.74, 6) is 0. The lowest BCUT2D eigenvalue weighted by molar-refractivity contribution is -2.00. The summed E-state index contributed by atoms with van der Waals surface area (Å²) < 4.78 is 36.0. The molecule has 0 aliphatic heterocycles.